The predicted molar refractivity (Wildman–Crippen MR) is 81.1 cm³/mol. The molecule has 0 aliphatic carbocycles. The van der Waals surface area contributed by atoms with Gasteiger partial charge >= 0.3 is 0 Å². The highest BCUT2D eigenvalue weighted by Gasteiger charge is 2.37. The molecule has 2 aromatic rings. The van der Waals surface area contributed by atoms with Crippen LogP contribution in [0.15, 0.2) is 54.6 Å². The molecular weight excluding hydrogens is 248 g/mol. The molecule has 1 saturated heterocycles. The van der Waals surface area contributed by atoms with Crippen LogP contribution >= 0.6 is 0 Å². The summed E-state index contributed by atoms with van der Waals surface area (Å²) in [5.74, 6) is 0. The van der Waals surface area contributed by atoms with Crippen LogP contribution in [-0.4, -0.2) is 23.1 Å². The van der Waals surface area contributed by atoms with Gasteiger partial charge in [-0.1, -0.05) is 42.5 Å². The molecule has 0 spiro atoms. The molecule has 2 aromatic carbocycles. The number of nitrogens with zero attached hydrogens (tertiary/aromatic N) is 1. The Balaban J connectivity index is 1.69. The fourth-order valence-electron chi connectivity index (χ4n) is 2.87. The summed E-state index contributed by atoms with van der Waals surface area (Å²) in [5, 5.41) is 10.8. The maximum atomic E-state index is 10.8. The molecule has 3 heteroatoms. The molecule has 0 radical (unpaired) electrons. The van der Waals surface area contributed by atoms with Crippen molar-refractivity contribution in [1.29, 1.82) is 0 Å². The molecule has 3 nitrogen and oxygen atoms in total. The second-order valence-corrected chi connectivity index (χ2v) is 5.60. The predicted octanol–water partition coefficient (Wildman–Crippen LogP) is 2.36. The molecule has 1 heterocycles. The van der Waals surface area contributed by atoms with Crippen molar-refractivity contribution in [2.45, 2.75) is 18.6 Å². The SMILES string of the molecule is Nc1ccc(CN2CCC(O)(c3ccccc3)C2)cc1. The molecule has 1 unspecified atom stereocenters. The molecule has 20 heavy (non-hydrogen) atoms. The van der Waals surface area contributed by atoms with Crippen LogP contribution in [0.2, 0.25) is 0 Å². The van der Waals surface area contributed by atoms with Gasteiger partial charge in [-0.25, -0.2) is 0 Å². The molecule has 0 saturated carbocycles. The van der Waals surface area contributed by atoms with E-state index in [-0.39, 0.29) is 0 Å². The molecule has 104 valence electrons. The van der Waals surface area contributed by atoms with E-state index in [0.717, 1.165) is 30.8 Å². The van der Waals surface area contributed by atoms with Gasteiger partial charge in [0.15, 0.2) is 0 Å². The van der Waals surface area contributed by atoms with E-state index >= 15 is 0 Å². The number of nitrogen functional groups attached to an aromatic ring is 1. The normalized spacial score (nSPS) is 23.1. The third-order valence-electron chi connectivity index (χ3n) is 4.02. The second kappa shape index (κ2) is 5.27. The van der Waals surface area contributed by atoms with Gasteiger partial charge in [-0.2, -0.15) is 0 Å². The monoisotopic (exact) mass is 268 g/mol. The largest absolute Gasteiger partial charge is 0.399 e. The zero-order chi connectivity index (χ0) is 14.0. The van der Waals surface area contributed by atoms with Gasteiger partial charge in [-0.3, -0.25) is 4.90 Å². The first kappa shape index (κ1) is 13.2. The van der Waals surface area contributed by atoms with E-state index in [4.69, 9.17) is 5.73 Å². The van der Waals surface area contributed by atoms with Gasteiger partial charge in [0.05, 0.1) is 0 Å². The average Bonchev–Trinajstić information content (AvgIpc) is 2.85. The Labute approximate surface area is 119 Å². The minimum absolute atomic E-state index is 0.682. The van der Waals surface area contributed by atoms with Crippen molar-refractivity contribution in [2.75, 3.05) is 18.8 Å². The summed E-state index contributed by atoms with van der Waals surface area (Å²) in [4.78, 5) is 2.29. The number of likely N-dealkylation sites (tertiary alicyclic amines) is 1. The Hall–Kier alpha value is -1.84. The van der Waals surface area contributed by atoms with Crippen LogP contribution in [0.1, 0.15) is 17.5 Å². The summed E-state index contributed by atoms with van der Waals surface area (Å²) in [6, 6.07) is 17.9. The first-order chi connectivity index (χ1) is 9.66. The highest BCUT2D eigenvalue weighted by molar-refractivity contribution is 5.39. The first-order valence-electron chi connectivity index (χ1n) is 7.00. The van der Waals surface area contributed by atoms with Crippen LogP contribution in [-0.2, 0) is 12.1 Å². The van der Waals surface area contributed by atoms with Gasteiger partial charge in [-0.05, 0) is 29.7 Å². The van der Waals surface area contributed by atoms with Gasteiger partial charge in [0.1, 0.15) is 5.60 Å². The highest BCUT2D eigenvalue weighted by Crippen LogP contribution is 2.32. The van der Waals surface area contributed by atoms with Crippen LogP contribution in [0.5, 0.6) is 0 Å². The standard InChI is InChI=1S/C17H20N2O/c18-16-8-6-14(7-9-16)12-19-11-10-17(20,13-19)15-4-2-1-3-5-15/h1-9,20H,10-13,18H2. The number of hydrogen-bond acceptors (Lipinski definition) is 3. The minimum atomic E-state index is -0.713. The molecule has 0 aromatic heterocycles. The number of benzene rings is 2. The maximum absolute atomic E-state index is 10.8. The molecule has 0 bridgehead atoms. The topological polar surface area (TPSA) is 49.5 Å². The van der Waals surface area contributed by atoms with Gasteiger partial charge in [0.25, 0.3) is 0 Å². The van der Waals surface area contributed by atoms with Gasteiger partial charge in [0, 0.05) is 25.3 Å². The van der Waals surface area contributed by atoms with E-state index in [9.17, 15) is 5.11 Å². The smallest absolute Gasteiger partial charge is 0.103 e. The van der Waals surface area contributed by atoms with Crippen LogP contribution < -0.4 is 5.73 Å². The number of aliphatic hydroxyl groups is 1. The lowest BCUT2D eigenvalue weighted by Crippen LogP contribution is -2.30. The Morgan fingerprint density at radius 1 is 1.05 bits per heavy atom. The van der Waals surface area contributed by atoms with Crippen LogP contribution in [0.4, 0.5) is 5.69 Å². The van der Waals surface area contributed by atoms with Gasteiger partial charge < -0.3 is 10.8 Å². The molecule has 1 fully saturated rings. The third-order valence-corrected chi connectivity index (χ3v) is 4.02. The Bertz CT molecular complexity index is 567. The fraction of sp³-hybridized carbons (Fsp3) is 0.294. The second-order valence-electron chi connectivity index (χ2n) is 5.60. The quantitative estimate of drug-likeness (QED) is 0.840. The van der Waals surface area contributed by atoms with Crippen LogP contribution in [0.3, 0.4) is 0 Å². The number of hydrogen-bond donors (Lipinski definition) is 2. The number of anilines is 1. The Kier molecular flexibility index (Phi) is 3.47. The van der Waals surface area contributed by atoms with Crippen molar-refractivity contribution in [3.8, 4) is 0 Å². The lowest BCUT2D eigenvalue weighted by Gasteiger charge is -2.24. The summed E-state index contributed by atoms with van der Waals surface area (Å²) in [6.07, 6.45) is 0.784. The number of nitrogens with two attached hydrogens (primary N) is 1. The van der Waals surface area contributed by atoms with E-state index in [0.29, 0.717) is 6.54 Å². The molecule has 1 aliphatic rings. The van der Waals surface area contributed by atoms with Crippen molar-refractivity contribution in [1.82, 2.24) is 4.90 Å². The molecule has 3 rings (SSSR count). The van der Waals surface area contributed by atoms with Gasteiger partial charge in [-0.15, -0.1) is 0 Å². The van der Waals surface area contributed by atoms with Crippen molar-refractivity contribution >= 4 is 5.69 Å². The van der Waals surface area contributed by atoms with Crippen molar-refractivity contribution in [2.24, 2.45) is 0 Å². The third kappa shape index (κ3) is 2.69. The summed E-state index contributed by atoms with van der Waals surface area (Å²) in [5.41, 5.74) is 8.02. The number of rotatable bonds is 3. The lowest BCUT2D eigenvalue weighted by molar-refractivity contribution is 0.0453. The van der Waals surface area contributed by atoms with E-state index < -0.39 is 5.60 Å². The van der Waals surface area contributed by atoms with Crippen molar-refractivity contribution in [3.63, 3.8) is 0 Å². The zero-order valence-corrected chi connectivity index (χ0v) is 11.5. The van der Waals surface area contributed by atoms with E-state index in [1.807, 2.05) is 42.5 Å². The minimum Gasteiger partial charge on any atom is -0.399 e. The summed E-state index contributed by atoms with van der Waals surface area (Å²) >= 11 is 0. The maximum Gasteiger partial charge on any atom is 0.103 e. The van der Waals surface area contributed by atoms with Crippen LogP contribution in [0.25, 0.3) is 0 Å². The molecule has 0 amide bonds. The Morgan fingerprint density at radius 2 is 1.75 bits per heavy atom. The highest BCUT2D eigenvalue weighted by atomic mass is 16.3. The van der Waals surface area contributed by atoms with E-state index in [1.54, 1.807) is 0 Å². The van der Waals surface area contributed by atoms with Crippen LogP contribution in [0, 0.1) is 0 Å². The molecule has 1 atom stereocenters. The average molecular weight is 268 g/mol. The van der Waals surface area contributed by atoms with Crippen molar-refractivity contribution < 1.29 is 5.11 Å². The van der Waals surface area contributed by atoms with E-state index in [2.05, 4.69) is 17.0 Å². The summed E-state index contributed by atoms with van der Waals surface area (Å²) in [6.45, 7) is 2.45. The van der Waals surface area contributed by atoms with Crippen molar-refractivity contribution in [3.05, 3.63) is 65.7 Å². The first-order valence-corrected chi connectivity index (χ1v) is 7.00. The summed E-state index contributed by atoms with van der Waals surface area (Å²) in [7, 11) is 0. The molecular formula is C17H20N2O. The van der Waals surface area contributed by atoms with E-state index in [1.165, 1.54) is 5.56 Å². The fourth-order valence-corrected chi connectivity index (χ4v) is 2.87. The Morgan fingerprint density at radius 3 is 2.45 bits per heavy atom. The molecule has 3 N–H and O–H groups in total. The number of β-amino-alcohol motifs (C(OH)–C–C–N with tert-alkyl or cyclic N) is 1. The lowest BCUT2D eigenvalue weighted by atomic mass is 9.93. The summed E-state index contributed by atoms with van der Waals surface area (Å²) < 4.78 is 0. The molecule has 1 aliphatic heterocycles. The van der Waals surface area contributed by atoms with Gasteiger partial charge in [0.2, 0.25) is 0 Å². The zero-order valence-electron chi connectivity index (χ0n) is 11.5.